The van der Waals surface area contributed by atoms with Crippen molar-refractivity contribution in [3.05, 3.63) is 64.4 Å². The van der Waals surface area contributed by atoms with Crippen LogP contribution in [-0.2, 0) is 4.79 Å². The lowest BCUT2D eigenvalue weighted by Gasteiger charge is -2.32. The highest BCUT2D eigenvalue weighted by atomic mass is 32.2. The summed E-state index contributed by atoms with van der Waals surface area (Å²) < 4.78 is 7.23. The molecule has 0 bridgehead atoms. The van der Waals surface area contributed by atoms with Crippen molar-refractivity contribution >= 4 is 23.4 Å². The standard InChI is InChI=1S/C22H22N4O3S/c1-4-18(27)25-17-9-7-6-8-16(17)19-20(28)23-22(30-3)24-26(19)21(25)14-10-12-15(13-11-14)29-5-2/h6-13,21H,4-5H2,1-3H3/p+1/t21-/m0/s1. The van der Waals surface area contributed by atoms with Gasteiger partial charge in [0.25, 0.3) is 6.17 Å². The van der Waals surface area contributed by atoms with Gasteiger partial charge in [0.2, 0.25) is 11.1 Å². The molecule has 1 aromatic heterocycles. The van der Waals surface area contributed by atoms with Crippen LogP contribution in [0.1, 0.15) is 32.0 Å². The number of ether oxygens (including phenoxy) is 1. The van der Waals surface area contributed by atoms with Gasteiger partial charge >= 0.3 is 11.3 Å². The van der Waals surface area contributed by atoms with Crippen molar-refractivity contribution < 1.29 is 14.2 Å². The van der Waals surface area contributed by atoms with Crippen LogP contribution in [0.5, 0.6) is 5.75 Å². The molecule has 2 aromatic carbocycles. The molecular formula is C22H23N4O3S+. The third-order valence-electron chi connectivity index (χ3n) is 5.01. The SMILES string of the molecule is CCOc1ccc([C@H]2N(C(=O)CC)c3ccccc3-c3c(=O)[nH]c(SC)n[n+]32)cc1. The molecule has 4 rings (SSSR count). The molecule has 0 radical (unpaired) electrons. The maximum atomic E-state index is 13.1. The molecule has 154 valence electrons. The van der Waals surface area contributed by atoms with Crippen LogP contribution in [0.25, 0.3) is 11.3 Å². The first kappa shape index (κ1) is 20.2. The van der Waals surface area contributed by atoms with Gasteiger partial charge in [-0.3, -0.25) is 14.6 Å². The summed E-state index contributed by atoms with van der Waals surface area (Å²) in [5, 5.41) is 5.16. The average molecular weight is 424 g/mol. The van der Waals surface area contributed by atoms with Crippen molar-refractivity contribution in [3.8, 4) is 17.0 Å². The van der Waals surface area contributed by atoms with Crippen molar-refractivity contribution in [1.29, 1.82) is 0 Å². The summed E-state index contributed by atoms with van der Waals surface area (Å²) in [5.74, 6) is 0.701. The third-order valence-corrected chi connectivity index (χ3v) is 5.58. The molecule has 2 heterocycles. The molecule has 0 spiro atoms. The van der Waals surface area contributed by atoms with E-state index < -0.39 is 6.17 Å². The molecule has 1 aliphatic rings. The van der Waals surface area contributed by atoms with E-state index in [1.165, 1.54) is 11.8 Å². The predicted molar refractivity (Wildman–Crippen MR) is 116 cm³/mol. The van der Waals surface area contributed by atoms with E-state index in [4.69, 9.17) is 4.74 Å². The minimum Gasteiger partial charge on any atom is -0.494 e. The van der Waals surface area contributed by atoms with Gasteiger partial charge in [0.1, 0.15) is 5.75 Å². The molecule has 1 atom stereocenters. The molecule has 1 amide bonds. The highest BCUT2D eigenvalue weighted by molar-refractivity contribution is 7.98. The fourth-order valence-corrected chi connectivity index (χ4v) is 4.07. The Morgan fingerprint density at radius 3 is 2.60 bits per heavy atom. The molecule has 0 fully saturated rings. The van der Waals surface area contributed by atoms with Gasteiger partial charge in [-0.1, -0.05) is 30.8 Å². The van der Waals surface area contributed by atoms with Crippen molar-refractivity contribution in [2.24, 2.45) is 0 Å². The molecule has 7 nitrogen and oxygen atoms in total. The molecule has 3 aromatic rings. The zero-order valence-corrected chi connectivity index (χ0v) is 17.9. The van der Waals surface area contributed by atoms with Crippen LogP contribution in [-0.4, -0.2) is 28.9 Å². The first-order valence-corrected chi connectivity index (χ1v) is 11.1. The van der Waals surface area contributed by atoms with Gasteiger partial charge in [0.05, 0.1) is 17.9 Å². The van der Waals surface area contributed by atoms with E-state index >= 15 is 0 Å². The number of carbonyl (C=O) groups excluding carboxylic acids is 1. The Hall–Kier alpha value is -3.13. The smallest absolute Gasteiger partial charge is 0.325 e. The predicted octanol–water partition coefficient (Wildman–Crippen LogP) is 3.15. The number of nitrogens with zero attached hydrogens (tertiary/aromatic N) is 3. The minimum atomic E-state index is -0.578. The zero-order chi connectivity index (χ0) is 21.3. The summed E-state index contributed by atoms with van der Waals surface area (Å²) >= 11 is 1.35. The number of nitrogens with one attached hydrogen (secondary N) is 1. The number of H-pyrrole nitrogens is 1. The first-order valence-electron chi connectivity index (χ1n) is 9.83. The lowest BCUT2D eigenvalue weighted by Crippen LogP contribution is -2.60. The van der Waals surface area contributed by atoms with Crippen LogP contribution in [0, 0.1) is 0 Å². The molecule has 0 saturated carbocycles. The molecule has 0 unspecified atom stereocenters. The van der Waals surface area contributed by atoms with Crippen LogP contribution in [0.15, 0.2) is 58.5 Å². The van der Waals surface area contributed by atoms with Crippen molar-refractivity contribution in [3.63, 3.8) is 0 Å². The van der Waals surface area contributed by atoms with Crippen LogP contribution in [0.4, 0.5) is 5.69 Å². The van der Waals surface area contributed by atoms with Gasteiger partial charge in [-0.15, -0.1) is 0 Å². The number of hydrogen-bond donors (Lipinski definition) is 1. The topological polar surface area (TPSA) is 79.2 Å². The minimum absolute atomic E-state index is 0.0488. The Balaban J connectivity index is 2.00. The number of rotatable bonds is 5. The van der Waals surface area contributed by atoms with E-state index in [-0.39, 0.29) is 11.5 Å². The Labute approximate surface area is 178 Å². The van der Waals surface area contributed by atoms with Crippen LogP contribution < -0.4 is 19.9 Å². The Bertz CT molecular complexity index is 1140. The molecule has 8 heteroatoms. The number of thioether (sulfide) groups is 1. The number of anilines is 1. The molecule has 0 saturated heterocycles. The Morgan fingerprint density at radius 1 is 1.20 bits per heavy atom. The van der Waals surface area contributed by atoms with Gasteiger partial charge in [-0.05, 0) is 54.3 Å². The summed E-state index contributed by atoms with van der Waals surface area (Å²) in [5.41, 5.74) is 2.42. The van der Waals surface area contributed by atoms with E-state index in [1.807, 2.05) is 68.6 Å². The summed E-state index contributed by atoms with van der Waals surface area (Å²) in [7, 11) is 0. The lowest BCUT2D eigenvalue weighted by molar-refractivity contribution is -0.763. The van der Waals surface area contributed by atoms with E-state index in [0.717, 1.165) is 11.3 Å². The quantitative estimate of drug-likeness (QED) is 0.504. The fourth-order valence-electron chi connectivity index (χ4n) is 3.71. The maximum absolute atomic E-state index is 13.1. The molecule has 0 aliphatic carbocycles. The number of carbonyl (C=O) groups is 1. The van der Waals surface area contributed by atoms with Gasteiger partial charge in [0, 0.05) is 17.1 Å². The summed E-state index contributed by atoms with van der Waals surface area (Å²) in [6.45, 7) is 4.33. The average Bonchev–Trinajstić information content (AvgIpc) is 2.78. The summed E-state index contributed by atoms with van der Waals surface area (Å²) in [6.07, 6.45) is 1.60. The van der Waals surface area contributed by atoms with Crippen molar-refractivity contribution in [2.45, 2.75) is 31.6 Å². The highest BCUT2D eigenvalue weighted by Crippen LogP contribution is 2.37. The fraction of sp³-hybridized carbons (Fsp3) is 0.273. The lowest BCUT2D eigenvalue weighted by atomic mass is 10.0. The molecule has 1 N–H and O–H groups in total. The Morgan fingerprint density at radius 2 is 1.93 bits per heavy atom. The van der Waals surface area contributed by atoms with E-state index in [1.54, 1.807) is 9.58 Å². The Kier molecular flexibility index (Phi) is 5.59. The summed E-state index contributed by atoms with van der Waals surface area (Å²) in [4.78, 5) is 30.7. The second-order valence-electron chi connectivity index (χ2n) is 6.77. The molecule has 30 heavy (non-hydrogen) atoms. The largest absolute Gasteiger partial charge is 0.494 e. The highest BCUT2D eigenvalue weighted by Gasteiger charge is 2.45. The number of aromatic amines is 1. The van der Waals surface area contributed by atoms with E-state index in [2.05, 4.69) is 10.1 Å². The van der Waals surface area contributed by atoms with Crippen molar-refractivity contribution in [2.75, 3.05) is 17.8 Å². The second kappa shape index (κ2) is 8.31. The van der Waals surface area contributed by atoms with Crippen molar-refractivity contribution in [1.82, 2.24) is 10.1 Å². The van der Waals surface area contributed by atoms with Crippen LogP contribution in [0.3, 0.4) is 0 Å². The van der Waals surface area contributed by atoms with Gasteiger partial charge in [-0.2, -0.15) is 0 Å². The third kappa shape index (κ3) is 3.37. The first-order chi connectivity index (χ1) is 14.6. The monoisotopic (exact) mass is 423 g/mol. The number of aromatic nitrogens is 3. The van der Waals surface area contributed by atoms with Crippen LogP contribution >= 0.6 is 11.8 Å². The van der Waals surface area contributed by atoms with Gasteiger partial charge in [-0.25, -0.2) is 4.90 Å². The van der Waals surface area contributed by atoms with E-state index in [9.17, 15) is 9.59 Å². The number of benzene rings is 2. The molecule has 1 aliphatic heterocycles. The second-order valence-corrected chi connectivity index (χ2v) is 7.56. The zero-order valence-electron chi connectivity index (χ0n) is 17.1. The van der Waals surface area contributed by atoms with Gasteiger partial charge in [0.15, 0.2) is 0 Å². The van der Waals surface area contributed by atoms with E-state index in [0.29, 0.717) is 35.1 Å². The molecular weight excluding hydrogens is 400 g/mol. The van der Waals surface area contributed by atoms with Crippen LogP contribution in [0.2, 0.25) is 0 Å². The maximum Gasteiger partial charge on any atom is 0.325 e. The normalized spacial score (nSPS) is 14.8. The number of para-hydroxylation sites is 1. The summed E-state index contributed by atoms with van der Waals surface area (Å²) in [6, 6.07) is 15.0. The number of fused-ring (bicyclic) bond motifs is 3. The number of amides is 1. The number of hydrogen-bond acceptors (Lipinski definition) is 5. The van der Waals surface area contributed by atoms with Gasteiger partial charge < -0.3 is 4.74 Å².